The molecule has 1 aliphatic carbocycles. The number of nitrogens with zero attached hydrogens (tertiary/aromatic N) is 1. The Labute approximate surface area is 81.2 Å². The lowest BCUT2D eigenvalue weighted by Gasteiger charge is -1.97. The molecule has 1 aromatic heterocycles. The minimum absolute atomic E-state index is 0.127. The van der Waals surface area contributed by atoms with Gasteiger partial charge in [-0.3, -0.25) is 4.79 Å². The molecular formula is C9H12N2OS. The summed E-state index contributed by atoms with van der Waals surface area (Å²) in [4.78, 5) is 16.7. The number of anilines is 1. The molecule has 1 aliphatic rings. The summed E-state index contributed by atoms with van der Waals surface area (Å²) in [5.74, 6) is 0.909. The summed E-state index contributed by atoms with van der Waals surface area (Å²) in [6, 6.07) is 0. The van der Waals surface area contributed by atoms with Gasteiger partial charge in [-0.2, -0.15) is 0 Å². The van der Waals surface area contributed by atoms with E-state index < -0.39 is 0 Å². The number of aromatic nitrogens is 1. The van der Waals surface area contributed by atoms with Crippen LogP contribution in [0.5, 0.6) is 0 Å². The van der Waals surface area contributed by atoms with Crippen molar-refractivity contribution in [2.24, 2.45) is 11.8 Å². The van der Waals surface area contributed by atoms with E-state index in [2.05, 4.69) is 17.2 Å². The highest BCUT2D eigenvalue weighted by Gasteiger charge is 2.39. The first-order valence-corrected chi connectivity index (χ1v) is 5.22. The van der Waals surface area contributed by atoms with E-state index in [0.29, 0.717) is 5.92 Å². The summed E-state index contributed by atoms with van der Waals surface area (Å²) in [6.45, 7) is 4.07. The van der Waals surface area contributed by atoms with Crippen LogP contribution in [-0.2, 0) is 4.79 Å². The first kappa shape index (κ1) is 8.69. The van der Waals surface area contributed by atoms with Gasteiger partial charge in [-0.05, 0) is 19.3 Å². The Balaban J connectivity index is 1.95. The van der Waals surface area contributed by atoms with Crippen molar-refractivity contribution in [3.8, 4) is 0 Å². The van der Waals surface area contributed by atoms with Crippen LogP contribution >= 0.6 is 11.3 Å². The second-order valence-corrected chi connectivity index (χ2v) is 4.82. The first-order chi connectivity index (χ1) is 6.16. The van der Waals surface area contributed by atoms with Crippen LogP contribution in [0.15, 0.2) is 6.20 Å². The van der Waals surface area contributed by atoms with Crippen LogP contribution in [0, 0.1) is 18.8 Å². The fourth-order valence-corrected chi connectivity index (χ4v) is 1.97. The summed E-state index contributed by atoms with van der Waals surface area (Å²) in [7, 11) is 0. The molecule has 0 bridgehead atoms. The maximum Gasteiger partial charge on any atom is 0.229 e. The third-order valence-corrected chi connectivity index (χ3v) is 3.13. The SMILES string of the molecule is Cc1cnc(NC(=O)C2CC2C)s1. The van der Waals surface area contributed by atoms with Gasteiger partial charge in [0.05, 0.1) is 0 Å². The van der Waals surface area contributed by atoms with Gasteiger partial charge in [0.25, 0.3) is 0 Å². The molecule has 0 radical (unpaired) electrons. The van der Waals surface area contributed by atoms with E-state index in [9.17, 15) is 4.79 Å². The minimum atomic E-state index is 0.127. The molecule has 13 heavy (non-hydrogen) atoms. The second-order valence-electron chi connectivity index (χ2n) is 3.58. The predicted octanol–water partition coefficient (Wildman–Crippen LogP) is 2.05. The van der Waals surface area contributed by atoms with Crippen molar-refractivity contribution in [1.82, 2.24) is 4.98 Å². The fraction of sp³-hybridized carbons (Fsp3) is 0.556. The topological polar surface area (TPSA) is 42.0 Å². The van der Waals surface area contributed by atoms with E-state index in [1.54, 1.807) is 6.20 Å². The van der Waals surface area contributed by atoms with Crippen molar-refractivity contribution >= 4 is 22.4 Å². The highest BCUT2D eigenvalue weighted by molar-refractivity contribution is 7.15. The van der Waals surface area contributed by atoms with Crippen molar-refractivity contribution in [3.63, 3.8) is 0 Å². The molecule has 1 fully saturated rings. The van der Waals surface area contributed by atoms with Crippen molar-refractivity contribution in [2.75, 3.05) is 5.32 Å². The molecule has 3 nitrogen and oxygen atoms in total. The van der Waals surface area contributed by atoms with Gasteiger partial charge in [-0.1, -0.05) is 6.92 Å². The number of thiazole rings is 1. The van der Waals surface area contributed by atoms with Crippen molar-refractivity contribution in [2.45, 2.75) is 20.3 Å². The molecule has 0 aromatic carbocycles. The van der Waals surface area contributed by atoms with Gasteiger partial charge in [0.1, 0.15) is 0 Å². The Morgan fingerprint density at radius 2 is 2.46 bits per heavy atom. The van der Waals surface area contributed by atoms with E-state index in [1.807, 2.05) is 6.92 Å². The van der Waals surface area contributed by atoms with Crippen molar-refractivity contribution < 1.29 is 4.79 Å². The Morgan fingerprint density at radius 1 is 1.77 bits per heavy atom. The average molecular weight is 196 g/mol. The lowest BCUT2D eigenvalue weighted by atomic mass is 10.3. The largest absolute Gasteiger partial charge is 0.302 e. The van der Waals surface area contributed by atoms with E-state index >= 15 is 0 Å². The Kier molecular flexibility index (Phi) is 2.07. The molecule has 0 aliphatic heterocycles. The number of hydrogen-bond acceptors (Lipinski definition) is 3. The number of carbonyl (C=O) groups is 1. The number of rotatable bonds is 2. The van der Waals surface area contributed by atoms with Crippen LogP contribution in [-0.4, -0.2) is 10.9 Å². The Bertz CT molecular complexity index is 334. The molecule has 1 saturated carbocycles. The van der Waals surface area contributed by atoms with Crippen LogP contribution < -0.4 is 5.32 Å². The fourth-order valence-electron chi connectivity index (χ4n) is 1.30. The highest BCUT2D eigenvalue weighted by Crippen LogP contribution is 2.38. The van der Waals surface area contributed by atoms with Crippen LogP contribution in [0.2, 0.25) is 0 Å². The molecule has 2 atom stereocenters. The monoisotopic (exact) mass is 196 g/mol. The number of amides is 1. The van der Waals surface area contributed by atoms with E-state index in [1.165, 1.54) is 11.3 Å². The van der Waals surface area contributed by atoms with Gasteiger partial charge in [0, 0.05) is 17.0 Å². The maximum atomic E-state index is 11.4. The molecule has 0 saturated heterocycles. The minimum Gasteiger partial charge on any atom is -0.302 e. The molecule has 4 heteroatoms. The van der Waals surface area contributed by atoms with Crippen molar-refractivity contribution in [1.29, 1.82) is 0 Å². The van der Waals surface area contributed by atoms with Crippen molar-refractivity contribution in [3.05, 3.63) is 11.1 Å². The molecule has 0 spiro atoms. The van der Waals surface area contributed by atoms with Crippen LogP contribution in [0.1, 0.15) is 18.2 Å². The highest BCUT2D eigenvalue weighted by atomic mass is 32.1. The molecular weight excluding hydrogens is 184 g/mol. The lowest BCUT2D eigenvalue weighted by Crippen LogP contribution is -2.13. The molecule has 2 rings (SSSR count). The van der Waals surface area contributed by atoms with E-state index in [4.69, 9.17) is 0 Å². The Hall–Kier alpha value is -0.900. The second kappa shape index (κ2) is 3.10. The Morgan fingerprint density at radius 3 is 2.92 bits per heavy atom. The number of nitrogens with one attached hydrogen (secondary N) is 1. The predicted molar refractivity (Wildman–Crippen MR) is 52.8 cm³/mol. The molecule has 1 amide bonds. The van der Waals surface area contributed by atoms with Gasteiger partial charge in [0.2, 0.25) is 5.91 Å². The van der Waals surface area contributed by atoms with Gasteiger partial charge in [-0.15, -0.1) is 11.3 Å². The molecule has 1 N–H and O–H groups in total. The van der Waals surface area contributed by atoms with Crippen LogP contribution in [0.25, 0.3) is 0 Å². The summed E-state index contributed by atoms with van der Waals surface area (Å²) < 4.78 is 0. The first-order valence-electron chi connectivity index (χ1n) is 4.40. The van der Waals surface area contributed by atoms with Gasteiger partial charge in [-0.25, -0.2) is 4.98 Å². The molecule has 2 unspecified atom stereocenters. The smallest absolute Gasteiger partial charge is 0.229 e. The zero-order valence-corrected chi connectivity index (χ0v) is 8.52. The standard InChI is InChI=1S/C9H12N2OS/c1-5-3-7(5)8(12)11-9-10-4-6(2)13-9/h4-5,7H,3H2,1-2H3,(H,10,11,12). The summed E-state index contributed by atoms with van der Waals surface area (Å²) in [5.41, 5.74) is 0. The van der Waals surface area contributed by atoms with Crippen LogP contribution in [0.4, 0.5) is 5.13 Å². The van der Waals surface area contributed by atoms with Gasteiger partial charge in [0.15, 0.2) is 5.13 Å². The third kappa shape index (κ3) is 1.88. The van der Waals surface area contributed by atoms with Gasteiger partial charge >= 0.3 is 0 Å². The normalized spacial score (nSPS) is 25.7. The van der Waals surface area contributed by atoms with Crippen LogP contribution in [0.3, 0.4) is 0 Å². The third-order valence-electron chi connectivity index (χ3n) is 2.30. The maximum absolute atomic E-state index is 11.4. The zero-order chi connectivity index (χ0) is 9.42. The zero-order valence-electron chi connectivity index (χ0n) is 7.70. The number of aryl methyl sites for hydroxylation is 1. The quantitative estimate of drug-likeness (QED) is 0.786. The number of hydrogen-bond donors (Lipinski definition) is 1. The summed E-state index contributed by atoms with van der Waals surface area (Å²) >= 11 is 1.52. The summed E-state index contributed by atoms with van der Waals surface area (Å²) in [6.07, 6.45) is 2.80. The lowest BCUT2D eigenvalue weighted by molar-refractivity contribution is -0.117. The van der Waals surface area contributed by atoms with E-state index in [-0.39, 0.29) is 11.8 Å². The average Bonchev–Trinajstić information content (AvgIpc) is 2.66. The molecule has 70 valence electrons. The summed E-state index contributed by atoms with van der Waals surface area (Å²) in [5, 5.41) is 3.55. The molecule has 1 aromatic rings. The molecule has 1 heterocycles. The van der Waals surface area contributed by atoms with Gasteiger partial charge < -0.3 is 5.32 Å². The number of carbonyl (C=O) groups excluding carboxylic acids is 1. The van der Waals surface area contributed by atoms with E-state index in [0.717, 1.165) is 16.4 Å².